The van der Waals surface area contributed by atoms with Crippen LogP contribution >= 0.6 is 0 Å². The topological polar surface area (TPSA) is 55.8 Å². The van der Waals surface area contributed by atoms with E-state index in [0.29, 0.717) is 0 Å². The molecule has 5 nitrogen and oxygen atoms in total. The monoisotopic (exact) mass is 315 g/mol. The molecule has 3 unspecified atom stereocenters. The highest BCUT2D eigenvalue weighted by atomic mass is 16.5. The predicted molar refractivity (Wildman–Crippen MR) is 83.9 cm³/mol. The van der Waals surface area contributed by atoms with Crippen molar-refractivity contribution in [1.29, 1.82) is 0 Å². The van der Waals surface area contributed by atoms with Gasteiger partial charge in [-0.2, -0.15) is 0 Å². The van der Waals surface area contributed by atoms with E-state index in [4.69, 9.17) is 9.47 Å². The lowest BCUT2D eigenvalue weighted by Crippen LogP contribution is -2.33. The average molecular weight is 315 g/mol. The maximum atomic E-state index is 12.7. The van der Waals surface area contributed by atoms with Gasteiger partial charge in [0, 0.05) is 5.56 Å². The molecule has 0 aromatic heterocycles. The van der Waals surface area contributed by atoms with Crippen LogP contribution in [0.1, 0.15) is 32.6 Å². The number of nitrogens with zero attached hydrogens (tertiary/aromatic N) is 1. The Kier molecular flexibility index (Phi) is 4.22. The number of amides is 1. The van der Waals surface area contributed by atoms with E-state index in [2.05, 4.69) is 0 Å². The predicted octanol–water partition coefficient (Wildman–Crippen LogP) is 2.65. The van der Waals surface area contributed by atoms with Crippen molar-refractivity contribution in [2.75, 3.05) is 6.61 Å². The Labute approximate surface area is 135 Å². The summed E-state index contributed by atoms with van der Waals surface area (Å²) in [5, 5.41) is 0. The third-order valence-corrected chi connectivity index (χ3v) is 4.15. The van der Waals surface area contributed by atoms with Crippen molar-refractivity contribution in [1.82, 2.24) is 4.90 Å². The van der Waals surface area contributed by atoms with Gasteiger partial charge in [-0.05, 0) is 18.9 Å². The van der Waals surface area contributed by atoms with Crippen LogP contribution < -0.4 is 0 Å². The number of rotatable bonds is 4. The Morgan fingerprint density at radius 2 is 2.00 bits per heavy atom. The fourth-order valence-electron chi connectivity index (χ4n) is 3.10. The summed E-state index contributed by atoms with van der Waals surface area (Å²) in [7, 11) is 0. The summed E-state index contributed by atoms with van der Waals surface area (Å²) in [6.07, 6.45) is 1.01. The lowest BCUT2D eigenvalue weighted by atomic mass is 10.0. The number of esters is 1. The maximum Gasteiger partial charge on any atom is 0.322 e. The Morgan fingerprint density at radius 1 is 1.30 bits per heavy atom. The van der Waals surface area contributed by atoms with Crippen LogP contribution in [0.4, 0.5) is 0 Å². The van der Waals surface area contributed by atoms with Crippen LogP contribution in [0.2, 0.25) is 0 Å². The second-order valence-electron chi connectivity index (χ2n) is 6.09. The minimum Gasteiger partial charge on any atom is -0.465 e. The number of fused-ring (bicyclic) bond motifs is 1. The number of carbonyl (C=O) groups excluding carboxylic acids is 2. The average Bonchev–Trinajstić information content (AvgIpc) is 3.07. The SMILES string of the molecule is CCOC(=O)C1C=C2C(C(C)C)OC(c3ccccc3)N2C1=O. The normalized spacial score (nSPS) is 26.4. The fourth-order valence-corrected chi connectivity index (χ4v) is 3.10. The highest BCUT2D eigenvalue weighted by Crippen LogP contribution is 2.44. The minimum absolute atomic E-state index is 0.200. The highest BCUT2D eigenvalue weighted by Gasteiger charge is 2.50. The van der Waals surface area contributed by atoms with Crippen LogP contribution in [0.25, 0.3) is 0 Å². The summed E-state index contributed by atoms with van der Waals surface area (Å²) < 4.78 is 11.1. The number of ether oxygens (including phenoxy) is 2. The Hall–Kier alpha value is -2.14. The molecule has 0 saturated carbocycles. The van der Waals surface area contributed by atoms with E-state index in [1.54, 1.807) is 17.9 Å². The molecule has 2 aliphatic rings. The molecule has 0 aliphatic carbocycles. The first-order chi connectivity index (χ1) is 11.0. The largest absolute Gasteiger partial charge is 0.465 e. The molecule has 0 bridgehead atoms. The lowest BCUT2D eigenvalue weighted by Gasteiger charge is -2.22. The maximum absolute atomic E-state index is 12.7. The summed E-state index contributed by atoms with van der Waals surface area (Å²) in [6.45, 7) is 6.08. The van der Waals surface area contributed by atoms with Gasteiger partial charge in [-0.25, -0.2) is 0 Å². The molecule has 1 saturated heterocycles. The van der Waals surface area contributed by atoms with Crippen molar-refractivity contribution in [3.63, 3.8) is 0 Å². The standard InChI is InChI=1S/C18H21NO4/c1-4-22-18(21)13-10-14-15(11(2)3)23-17(19(14)16(13)20)12-8-6-5-7-9-12/h5-11,13,15,17H,4H2,1-3H3. The molecule has 1 amide bonds. The first kappa shape index (κ1) is 15.7. The summed E-state index contributed by atoms with van der Waals surface area (Å²) in [6, 6.07) is 9.59. The van der Waals surface area contributed by atoms with Gasteiger partial charge in [0.15, 0.2) is 12.1 Å². The van der Waals surface area contributed by atoms with E-state index in [1.807, 2.05) is 44.2 Å². The third kappa shape index (κ3) is 2.65. The van der Waals surface area contributed by atoms with Gasteiger partial charge in [-0.1, -0.05) is 44.2 Å². The van der Waals surface area contributed by atoms with Crippen LogP contribution in [-0.2, 0) is 19.1 Å². The zero-order valence-electron chi connectivity index (χ0n) is 13.6. The van der Waals surface area contributed by atoms with Crippen LogP contribution in [0.15, 0.2) is 42.1 Å². The number of carbonyl (C=O) groups is 2. The molecule has 1 aromatic carbocycles. The zero-order valence-corrected chi connectivity index (χ0v) is 13.6. The molecule has 3 atom stereocenters. The number of hydrogen-bond acceptors (Lipinski definition) is 4. The molecule has 5 heteroatoms. The van der Waals surface area contributed by atoms with Gasteiger partial charge in [-0.3, -0.25) is 14.5 Å². The lowest BCUT2D eigenvalue weighted by molar-refractivity contribution is -0.153. The summed E-state index contributed by atoms with van der Waals surface area (Å²) in [5.41, 5.74) is 1.68. The molecule has 0 spiro atoms. The quantitative estimate of drug-likeness (QED) is 0.633. The van der Waals surface area contributed by atoms with Crippen molar-refractivity contribution >= 4 is 11.9 Å². The fraction of sp³-hybridized carbons (Fsp3) is 0.444. The Bertz CT molecular complexity index is 638. The van der Waals surface area contributed by atoms with E-state index in [1.165, 1.54) is 0 Å². The Balaban J connectivity index is 1.96. The third-order valence-electron chi connectivity index (χ3n) is 4.15. The highest BCUT2D eigenvalue weighted by molar-refractivity contribution is 6.03. The summed E-state index contributed by atoms with van der Waals surface area (Å²) in [4.78, 5) is 26.4. The van der Waals surface area contributed by atoms with E-state index >= 15 is 0 Å². The van der Waals surface area contributed by atoms with Crippen molar-refractivity contribution in [3.05, 3.63) is 47.7 Å². The molecule has 1 fully saturated rings. The first-order valence-corrected chi connectivity index (χ1v) is 7.96. The van der Waals surface area contributed by atoms with Crippen LogP contribution in [-0.4, -0.2) is 29.5 Å². The van der Waals surface area contributed by atoms with Crippen molar-refractivity contribution < 1.29 is 19.1 Å². The summed E-state index contributed by atoms with van der Waals surface area (Å²) >= 11 is 0. The van der Waals surface area contributed by atoms with E-state index in [9.17, 15) is 9.59 Å². The minimum atomic E-state index is -0.860. The van der Waals surface area contributed by atoms with Gasteiger partial charge < -0.3 is 9.47 Å². The molecule has 122 valence electrons. The summed E-state index contributed by atoms with van der Waals surface area (Å²) in [5.74, 6) is -1.42. The molecule has 0 N–H and O–H groups in total. The van der Waals surface area contributed by atoms with Gasteiger partial charge in [0.1, 0.15) is 6.10 Å². The van der Waals surface area contributed by atoms with E-state index in [0.717, 1.165) is 11.3 Å². The molecule has 0 radical (unpaired) electrons. The van der Waals surface area contributed by atoms with Gasteiger partial charge >= 0.3 is 5.97 Å². The van der Waals surface area contributed by atoms with Crippen LogP contribution in [0.3, 0.4) is 0 Å². The smallest absolute Gasteiger partial charge is 0.322 e. The molecule has 2 aliphatic heterocycles. The molecule has 1 aromatic rings. The van der Waals surface area contributed by atoms with Crippen LogP contribution in [0.5, 0.6) is 0 Å². The van der Waals surface area contributed by atoms with Crippen molar-refractivity contribution in [2.45, 2.75) is 33.1 Å². The van der Waals surface area contributed by atoms with Gasteiger partial charge in [0.05, 0.1) is 12.3 Å². The second-order valence-corrected chi connectivity index (χ2v) is 6.09. The molecular formula is C18H21NO4. The number of hydrogen-bond donors (Lipinski definition) is 0. The molecule has 3 rings (SSSR count). The van der Waals surface area contributed by atoms with Gasteiger partial charge in [0.25, 0.3) is 0 Å². The van der Waals surface area contributed by atoms with Crippen molar-refractivity contribution in [2.24, 2.45) is 11.8 Å². The van der Waals surface area contributed by atoms with Gasteiger partial charge in [-0.15, -0.1) is 0 Å². The van der Waals surface area contributed by atoms with Gasteiger partial charge in [0.2, 0.25) is 5.91 Å². The second kappa shape index (κ2) is 6.16. The van der Waals surface area contributed by atoms with E-state index < -0.39 is 18.1 Å². The molecule has 23 heavy (non-hydrogen) atoms. The molecule has 2 heterocycles. The van der Waals surface area contributed by atoms with Crippen molar-refractivity contribution in [3.8, 4) is 0 Å². The van der Waals surface area contributed by atoms with Crippen LogP contribution in [0, 0.1) is 11.8 Å². The molecular weight excluding hydrogens is 294 g/mol. The Morgan fingerprint density at radius 3 is 2.61 bits per heavy atom. The number of benzene rings is 1. The first-order valence-electron chi connectivity index (χ1n) is 7.96. The zero-order chi connectivity index (χ0) is 16.6. The van der Waals surface area contributed by atoms with E-state index in [-0.39, 0.29) is 24.5 Å².